The largest absolute Gasteiger partial charge is 0.396 e. The zero-order chi connectivity index (χ0) is 16.1. The van der Waals surface area contributed by atoms with Crippen molar-refractivity contribution in [1.82, 2.24) is 0 Å². The molecule has 2 N–H and O–H groups in total. The van der Waals surface area contributed by atoms with Crippen molar-refractivity contribution >= 4 is 41.0 Å². The van der Waals surface area contributed by atoms with Gasteiger partial charge in [0.2, 0.25) is 0 Å². The fourth-order valence-corrected chi connectivity index (χ4v) is 3.68. The number of anilines is 1. The normalized spacial score (nSPS) is 14.2. The van der Waals surface area contributed by atoms with E-state index in [-0.39, 0.29) is 29.5 Å². The molecule has 118 valence electrons. The molecule has 0 saturated carbocycles. The SMILES string of the molecule is O=C1C=CC(=O)N1c1ccc(SCCO)c(SCCO)c1F. The third-order valence-corrected chi connectivity index (χ3v) is 5.02. The Balaban J connectivity index is 2.40. The number of hydrogen-bond acceptors (Lipinski definition) is 6. The van der Waals surface area contributed by atoms with Gasteiger partial charge in [-0.25, -0.2) is 9.29 Å². The molecular weight excluding hydrogens is 329 g/mol. The van der Waals surface area contributed by atoms with Crippen molar-refractivity contribution in [1.29, 1.82) is 0 Å². The Morgan fingerprint density at radius 2 is 1.59 bits per heavy atom. The predicted molar refractivity (Wildman–Crippen MR) is 83.7 cm³/mol. The maximum Gasteiger partial charge on any atom is 0.258 e. The number of rotatable bonds is 7. The van der Waals surface area contributed by atoms with E-state index < -0.39 is 17.6 Å². The van der Waals surface area contributed by atoms with Crippen LogP contribution in [-0.2, 0) is 9.59 Å². The first-order chi connectivity index (χ1) is 10.6. The number of imide groups is 1. The number of amides is 2. The van der Waals surface area contributed by atoms with Gasteiger partial charge in [-0.3, -0.25) is 9.59 Å². The van der Waals surface area contributed by atoms with Gasteiger partial charge in [-0.1, -0.05) is 0 Å². The standard InChI is InChI=1S/C14H14FNO4S2/c15-13-9(16-11(19)3-4-12(16)20)1-2-10(21-7-5-17)14(13)22-8-6-18/h1-4,17-18H,5-8H2. The fourth-order valence-electron chi connectivity index (χ4n) is 1.89. The molecule has 22 heavy (non-hydrogen) atoms. The molecule has 2 rings (SSSR count). The van der Waals surface area contributed by atoms with Crippen molar-refractivity contribution in [2.24, 2.45) is 0 Å². The van der Waals surface area contributed by atoms with Gasteiger partial charge >= 0.3 is 0 Å². The van der Waals surface area contributed by atoms with Crippen molar-refractivity contribution in [3.63, 3.8) is 0 Å². The molecule has 2 amide bonds. The van der Waals surface area contributed by atoms with E-state index in [2.05, 4.69) is 0 Å². The number of carbonyl (C=O) groups is 2. The van der Waals surface area contributed by atoms with Gasteiger partial charge in [0.15, 0.2) is 5.82 Å². The van der Waals surface area contributed by atoms with Crippen LogP contribution >= 0.6 is 23.5 Å². The Morgan fingerprint density at radius 1 is 1.00 bits per heavy atom. The van der Waals surface area contributed by atoms with Crippen LogP contribution in [0.5, 0.6) is 0 Å². The van der Waals surface area contributed by atoms with Crippen LogP contribution < -0.4 is 4.90 Å². The molecule has 1 aromatic rings. The number of thioether (sulfide) groups is 2. The Hall–Kier alpha value is -1.35. The van der Waals surface area contributed by atoms with Gasteiger partial charge in [0.1, 0.15) is 0 Å². The Kier molecular flexibility index (Phi) is 6.01. The van der Waals surface area contributed by atoms with E-state index in [1.807, 2.05) is 0 Å². The summed E-state index contributed by atoms with van der Waals surface area (Å²) in [6.07, 6.45) is 2.19. The van der Waals surface area contributed by atoms with Crippen LogP contribution in [0.4, 0.5) is 10.1 Å². The Labute approximate surface area is 135 Å². The third kappa shape index (κ3) is 3.52. The first kappa shape index (κ1) is 17.0. The topological polar surface area (TPSA) is 77.8 Å². The molecule has 1 aliphatic rings. The molecule has 0 fully saturated rings. The summed E-state index contributed by atoms with van der Waals surface area (Å²) < 4.78 is 14.7. The molecule has 8 heteroatoms. The molecule has 0 saturated heterocycles. The van der Waals surface area contributed by atoms with Crippen LogP contribution in [0.3, 0.4) is 0 Å². The molecule has 5 nitrogen and oxygen atoms in total. The molecule has 0 bridgehead atoms. The summed E-state index contributed by atoms with van der Waals surface area (Å²) in [6.45, 7) is -0.174. The molecule has 0 atom stereocenters. The zero-order valence-corrected chi connectivity index (χ0v) is 13.1. The zero-order valence-electron chi connectivity index (χ0n) is 11.5. The lowest BCUT2D eigenvalue weighted by molar-refractivity contribution is -0.120. The van der Waals surface area contributed by atoms with E-state index in [0.717, 1.165) is 28.8 Å². The van der Waals surface area contributed by atoms with Crippen LogP contribution in [0.15, 0.2) is 34.1 Å². The lowest BCUT2D eigenvalue weighted by atomic mass is 10.2. The number of aliphatic hydroxyl groups is 2. The van der Waals surface area contributed by atoms with E-state index in [1.54, 1.807) is 6.07 Å². The predicted octanol–water partition coefficient (Wildman–Crippen LogP) is 1.42. The first-order valence-corrected chi connectivity index (χ1v) is 8.43. The Morgan fingerprint density at radius 3 is 2.18 bits per heavy atom. The summed E-state index contributed by atoms with van der Waals surface area (Å²) in [5, 5.41) is 17.8. The number of aliphatic hydroxyl groups excluding tert-OH is 2. The fraction of sp³-hybridized carbons (Fsp3) is 0.286. The molecule has 1 aliphatic heterocycles. The van der Waals surface area contributed by atoms with Gasteiger partial charge in [-0.2, -0.15) is 0 Å². The average molecular weight is 343 g/mol. The minimum Gasteiger partial charge on any atom is -0.396 e. The Bertz CT molecular complexity index is 603. The maximum atomic E-state index is 14.7. The highest BCUT2D eigenvalue weighted by molar-refractivity contribution is 8.02. The molecule has 0 aliphatic carbocycles. The number of halogens is 1. The second kappa shape index (κ2) is 7.77. The van der Waals surface area contributed by atoms with Crippen LogP contribution in [0, 0.1) is 5.82 Å². The average Bonchev–Trinajstić information content (AvgIpc) is 2.84. The molecule has 1 heterocycles. The monoisotopic (exact) mass is 343 g/mol. The second-order valence-corrected chi connectivity index (χ2v) is 6.46. The highest BCUT2D eigenvalue weighted by Gasteiger charge is 2.29. The van der Waals surface area contributed by atoms with Crippen LogP contribution in [0.1, 0.15) is 0 Å². The number of benzene rings is 1. The van der Waals surface area contributed by atoms with Crippen LogP contribution in [-0.4, -0.2) is 46.7 Å². The van der Waals surface area contributed by atoms with Gasteiger partial charge in [-0.05, 0) is 12.1 Å². The number of hydrogen-bond donors (Lipinski definition) is 2. The molecular formula is C14H14FNO4S2. The van der Waals surface area contributed by atoms with Gasteiger partial charge in [0.05, 0.1) is 23.8 Å². The minimum absolute atomic E-state index is 0.0504. The van der Waals surface area contributed by atoms with E-state index in [4.69, 9.17) is 10.2 Å². The van der Waals surface area contributed by atoms with E-state index in [0.29, 0.717) is 10.6 Å². The van der Waals surface area contributed by atoms with Crippen molar-refractivity contribution in [2.45, 2.75) is 9.79 Å². The van der Waals surface area contributed by atoms with Crippen molar-refractivity contribution < 1.29 is 24.2 Å². The molecule has 0 spiro atoms. The minimum atomic E-state index is -0.674. The van der Waals surface area contributed by atoms with Gasteiger partial charge in [0.25, 0.3) is 11.8 Å². The van der Waals surface area contributed by atoms with E-state index >= 15 is 0 Å². The smallest absolute Gasteiger partial charge is 0.258 e. The summed E-state index contributed by atoms with van der Waals surface area (Å²) in [6, 6.07) is 2.98. The highest BCUT2D eigenvalue weighted by atomic mass is 32.2. The summed E-state index contributed by atoms with van der Waals surface area (Å²) >= 11 is 2.37. The lowest BCUT2D eigenvalue weighted by Gasteiger charge is -2.18. The van der Waals surface area contributed by atoms with Crippen LogP contribution in [0.25, 0.3) is 0 Å². The summed E-state index contributed by atoms with van der Waals surface area (Å²) in [5.74, 6) is -1.16. The molecule has 0 aromatic heterocycles. The second-order valence-electron chi connectivity index (χ2n) is 4.22. The van der Waals surface area contributed by atoms with E-state index in [1.165, 1.54) is 17.8 Å². The lowest BCUT2D eigenvalue weighted by Crippen LogP contribution is -2.30. The highest BCUT2D eigenvalue weighted by Crippen LogP contribution is 2.38. The molecule has 1 aromatic carbocycles. The van der Waals surface area contributed by atoms with Crippen molar-refractivity contribution in [3.05, 3.63) is 30.1 Å². The third-order valence-electron chi connectivity index (χ3n) is 2.78. The van der Waals surface area contributed by atoms with Crippen LogP contribution in [0.2, 0.25) is 0 Å². The number of nitrogens with zero attached hydrogens (tertiary/aromatic N) is 1. The van der Waals surface area contributed by atoms with Gasteiger partial charge < -0.3 is 10.2 Å². The summed E-state index contributed by atoms with van der Waals surface area (Å²) in [5.41, 5.74) is -0.103. The molecule has 0 radical (unpaired) electrons. The van der Waals surface area contributed by atoms with E-state index in [9.17, 15) is 14.0 Å². The quantitative estimate of drug-likeness (QED) is 0.576. The van der Waals surface area contributed by atoms with Crippen molar-refractivity contribution in [2.75, 3.05) is 29.6 Å². The van der Waals surface area contributed by atoms with Gasteiger partial charge in [-0.15, -0.1) is 23.5 Å². The van der Waals surface area contributed by atoms with Gasteiger partial charge in [0, 0.05) is 28.6 Å². The molecule has 0 unspecified atom stereocenters. The van der Waals surface area contributed by atoms with Crippen molar-refractivity contribution in [3.8, 4) is 0 Å². The maximum absolute atomic E-state index is 14.7. The summed E-state index contributed by atoms with van der Waals surface area (Å²) in [7, 11) is 0. The first-order valence-electron chi connectivity index (χ1n) is 6.46. The summed E-state index contributed by atoms with van der Waals surface area (Å²) in [4.78, 5) is 25.0. The number of carbonyl (C=O) groups excluding carboxylic acids is 2.